The Labute approximate surface area is 90.9 Å². The van der Waals surface area contributed by atoms with Crippen molar-refractivity contribution in [3.8, 4) is 0 Å². The Bertz CT molecular complexity index is 379. The van der Waals surface area contributed by atoms with E-state index in [0.29, 0.717) is 19.5 Å². The van der Waals surface area contributed by atoms with E-state index in [1.807, 2.05) is 13.8 Å². The van der Waals surface area contributed by atoms with Crippen LogP contribution >= 0.6 is 0 Å². The van der Waals surface area contributed by atoms with Crippen LogP contribution in [0.3, 0.4) is 0 Å². The molecule has 1 unspecified atom stereocenters. The second-order valence-corrected chi connectivity index (χ2v) is 6.57. The van der Waals surface area contributed by atoms with Crippen LogP contribution in [-0.2, 0) is 14.6 Å². The third kappa shape index (κ3) is 3.34. The summed E-state index contributed by atoms with van der Waals surface area (Å²) in [6, 6.07) is 0. The molecule has 0 N–H and O–H groups in total. The third-order valence-electron chi connectivity index (χ3n) is 2.47. The Morgan fingerprint density at radius 3 is 2.40 bits per heavy atom. The predicted octanol–water partition coefficient (Wildman–Crippen LogP) is 0.598. The highest BCUT2D eigenvalue weighted by atomic mass is 32.2. The predicted molar refractivity (Wildman–Crippen MR) is 59.3 cm³/mol. The molecule has 1 amide bonds. The van der Waals surface area contributed by atoms with Gasteiger partial charge in [0.05, 0.1) is 5.25 Å². The van der Waals surface area contributed by atoms with Crippen LogP contribution in [0.4, 0.5) is 0 Å². The van der Waals surface area contributed by atoms with Crippen molar-refractivity contribution < 1.29 is 13.2 Å². The largest absolute Gasteiger partial charge is 0.338 e. The Hall–Kier alpha value is -0.840. The number of nitrogens with zero attached hydrogens (tertiary/aromatic N) is 1. The van der Waals surface area contributed by atoms with Crippen LogP contribution in [0.1, 0.15) is 20.3 Å². The van der Waals surface area contributed by atoms with Gasteiger partial charge in [-0.2, -0.15) is 0 Å². The molecule has 0 radical (unpaired) electrons. The van der Waals surface area contributed by atoms with Crippen molar-refractivity contribution >= 4 is 15.7 Å². The summed E-state index contributed by atoms with van der Waals surface area (Å²) in [5, 5.41) is -0.382. The molecule has 86 valence electrons. The quantitative estimate of drug-likeness (QED) is 0.654. The van der Waals surface area contributed by atoms with Gasteiger partial charge in [0.1, 0.15) is 0 Å². The molecule has 0 aromatic rings. The molecule has 5 heteroatoms. The van der Waals surface area contributed by atoms with Crippen molar-refractivity contribution in [1.82, 2.24) is 4.90 Å². The molecule has 4 nitrogen and oxygen atoms in total. The number of hydrogen-bond acceptors (Lipinski definition) is 3. The number of rotatable bonds is 2. The molecule has 0 spiro atoms. The minimum absolute atomic E-state index is 0.0823. The van der Waals surface area contributed by atoms with E-state index in [2.05, 4.69) is 0 Å². The molecular weight excluding hydrogens is 214 g/mol. The fourth-order valence-electron chi connectivity index (χ4n) is 1.62. The Kier molecular flexibility index (Phi) is 3.54. The second-order valence-electron chi connectivity index (χ2n) is 4.25. The summed E-state index contributed by atoms with van der Waals surface area (Å²) in [6.45, 7) is 4.58. The van der Waals surface area contributed by atoms with Gasteiger partial charge in [-0.15, -0.1) is 0 Å². The summed E-state index contributed by atoms with van der Waals surface area (Å²) >= 11 is 0. The zero-order chi connectivity index (χ0) is 11.6. The van der Waals surface area contributed by atoms with E-state index in [4.69, 9.17) is 0 Å². The molecule has 0 aromatic carbocycles. The average Bonchev–Trinajstić information content (AvgIpc) is 2.48. The first kappa shape index (κ1) is 12.2. The van der Waals surface area contributed by atoms with Gasteiger partial charge >= 0.3 is 0 Å². The summed E-state index contributed by atoms with van der Waals surface area (Å²) in [6.07, 6.45) is 3.33. The lowest BCUT2D eigenvalue weighted by Gasteiger charge is -2.13. The van der Waals surface area contributed by atoms with Crippen LogP contribution in [-0.4, -0.2) is 43.8 Å². The van der Waals surface area contributed by atoms with Crippen molar-refractivity contribution in [2.24, 2.45) is 0 Å². The standard InChI is InChI=1S/C10H17NO3S/c1-8(2)6-10(12)11-5-4-9(7-11)15(3,13)14/h6,9H,4-5,7H2,1-3H3. The smallest absolute Gasteiger partial charge is 0.246 e. The molecule has 1 aliphatic heterocycles. The summed E-state index contributed by atoms with van der Waals surface area (Å²) in [5.41, 5.74) is 0.933. The number of allylic oxidation sites excluding steroid dienone is 1. The monoisotopic (exact) mass is 231 g/mol. The molecule has 15 heavy (non-hydrogen) atoms. The zero-order valence-corrected chi connectivity index (χ0v) is 10.2. The molecule has 0 bridgehead atoms. The van der Waals surface area contributed by atoms with E-state index in [0.717, 1.165) is 5.57 Å². The molecular formula is C10H17NO3S. The molecule has 1 rings (SSSR count). The minimum atomic E-state index is -3.01. The van der Waals surface area contributed by atoms with Crippen molar-refractivity contribution in [2.45, 2.75) is 25.5 Å². The van der Waals surface area contributed by atoms with E-state index >= 15 is 0 Å². The fourth-order valence-corrected chi connectivity index (χ4v) is 2.60. The van der Waals surface area contributed by atoms with Crippen LogP contribution in [0.15, 0.2) is 11.6 Å². The maximum atomic E-state index is 11.6. The highest BCUT2D eigenvalue weighted by Crippen LogP contribution is 2.16. The number of carbonyl (C=O) groups is 1. The first-order chi connectivity index (χ1) is 6.80. The summed E-state index contributed by atoms with van der Waals surface area (Å²) in [4.78, 5) is 13.2. The molecule has 0 aliphatic carbocycles. The van der Waals surface area contributed by atoms with Gasteiger partial charge in [0.15, 0.2) is 9.84 Å². The molecule has 1 aliphatic rings. The lowest BCUT2D eigenvalue weighted by atomic mass is 10.3. The van der Waals surface area contributed by atoms with Gasteiger partial charge in [0.25, 0.3) is 0 Å². The fraction of sp³-hybridized carbons (Fsp3) is 0.700. The molecule has 0 aromatic heterocycles. The van der Waals surface area contributed by atoms with Crippen LogP contribution in [0.5, 0.6) is 0 Å². The van der Waals surface area contributed by atoms with Gasteiger partial charge in [-0.1, -0.05) is 5.57 Å². The molecule has 1 fully saturated rings. The van der Waals surface area contributed by atoms with Gasteiger partial charge in [-0.3, -0.25) is 4.79 Å². The van der Waals surface area contributed by atoms with Crippen molar-refractivity contribution in [2.75, 3.05) is 19.3 Å². The maximum absolute atomic E-state index is 11.6. The average molecular weight is 231 g/mol. The van der Waals surface area contributed by atoms with Crippen molar-refractivity contribution in [3.05, 3.63) is 11.6 Å². The number of likely N-dealkylation sites (tertiary alicyclic amines) is 1. The lowest BCUT2D eigenvalue weighted by molar-refractivity contribution is -0.125. The van der Waals surface area contributed by atoms with Crippen LogP contribution in [0.2, 0.25) is 0 Å². The first-order valence-corrected chi connectivity index (χ1v) is 6.89. The van der Waals surface area contributed by atoms with Gasteiger partial charge in [0.2, 0.25) is 5.91 Å². The molecule has 0 saturated carbocycles. The number of sulfone groups is 1. The van der Waals surface area contributed by atoms with Gasteiger partial charge in [0, 0.05) is 25.4 Å². The maximum Gasteiger partial charge on any atom is 0.246 e. The summed E-state index contributed by atoms with van der Waals surface area (Å²) in [7, 11) is -3.01. The van der Waals surface area contributed by atoms with Crippen molar-refractivity contribution in [1.29, 1.82) is 0 Å². The van der Waals surface area contributed by atoms with Crippen molar-refractivity contribution in [3.63, 3.8) is 0 Å². The van der Waals surface area contributed by atoms with E-state index in [9.17, 15) is 13.2 Å². The van der Waals surface area contributed by atoms with Gasteiger partial charge in [-0.05, 0) is 20.3 Å². The van der Waals surface area contributed by atoms with Crippen LogP contribution in [0, 0.1) is 0 Å². The second kappa shape index (κ2) is 4.35. The first-order valence-electron chi connectivity index (χ1n) is 4.93. The highest BCUT2D eigenvalue weighted by Gasteiger charge is 2.31. The van der Waals surface area contributed by atoms with E-state index in [1.54, 1.807) is 11.0 Å². The van der Waals surface area contributed by atoms with E-state index in [-0.39, 0.29) is 11.2 Å². The Morgan fingerprint density at radius 1 is 1.40 bits per heavy atom. The third-order valence-corrected chi connectivity index (χ3v) is 4.07. The lowest BCUT2D eigenvalue weighted by Crippen LogP contribution is -2.30. The highest BCUT2D eigenvalue weighted by molar-refractivity contribution is 7.91. The molecule has 1 atom stereocenters. The Balaban J connectivity index is 2.65. The minimum Gasteiger partial charge on any atom is -0.338 e. The van der Waals surface area contributed by atoms with Crippen LogP contribution in [0.25, 0.3) is 0 Å². The van der Waals surface area contributed by atoms with Gasteiger partial charge < -0.3 is 4.90 Å². The van der Waals surface area contributed by atoms with E-state index in [1.165, 1.54) is 6.26 Å². The number of carbonyl (C=O) groups excluding carboxylic acids is 1. The zero-order valence-electron chi connectivity index (χ0n) is 9.36. The topological polar surface area (TPSA) is 54.5 Å². The number of hydrogen-bond donors (Lipinski definition) is 0. The van der Waals surface area contributed by atoms with Crippen LogP contribution < -0.4 is 0 Å². The summed E-state index contributed by atoms with van der Waals surface area (Å²) in [5.74, 6) is -0.0823. The summed E-state index contributed by atoms with van der Waals surface area (Å²) < 4.78 is 22.5. The van der Waals surface area contributed by atoms with E-state index < -0.39 is 9.84 Å². The van der Waals surface area contributed by atoms with Gasteiger partial charge in [-0.25, -0.2) is 8.42 Å². The molecule has 1 heterocycles. The Morgan fingerprint density at radius 2 is 2.00 bits per heavy atom. The number of amides is 1. The molecule has 1 saturated heterocycles. The normalized spacial score (nSPS) is 21.5. The SMILES string of the molecule is CC(C)=CC(=O)N1CCC(S(C)(=O)=O)C1.